The third kappa shape index (κ3) is 3.54. The van der Waals surface area contributed by atoms with Gasteiger partial charge in [0, 0.05) is 37.3 Å². The summed E-state index contributed by atoms with van der Waals surface area (Å²) in [7, 11) is 0. The van der Waals surface area contributed by atoms with Crippen molar-refractivity contribution in [1.29, 1.82) is 0 Å². The number of piperidine rings is 1. The Kier molecular flexibility index (Phi) is 5.36. The lowest BCUT2D eigenvalue weighted by atomic mass is 9.96. The molecule has 0 aromatic heterocycles. The molecule has 2 saturated heterocycles. The Hall–Kier alpha value is -1.66. The summed E-state index contributed by atoms with van der Waals surface area (Å²) in [5, 5.41) is 0. The molecule has 2 fully saturated rings. The maximum atomic E-state index is 14.5. The van der Waals surface area contributed by atoms with Crippen molar-refractivity contribution in [1.82, 2.24) is 4.90 Å². The van der Waals surface area contributed by atoms with Crippen LogP contribution in [0.15, 0.2) is 18.2 Å². The van der Waals surface area contributed by atoms with Crippen molar-refractivity contribution in [2.24, 2.45) is 5.73 Å². The highest BCUT2D eigenvalue weighted by Crippen LogP contribution is 2.25. The Morgan fingerprint density at radius 3 is 2.71 bits per heavy atom. The van der Waals surface area contributed by atoms with Crippen LogP contribution in [0.4, 0.5) is 10.1 Å². The molecule has 2 aliphatic rings. The van der Waals surface area contributed by atoms with Gasteiger partial charge in [0.05, 0.1) is 18.9 Å². The van der Waals surface area contributed by atoms with E-state index in [1.807, 2.05) is 16.7 Å². The molecule has 2 heterocycles. The normalized spacial score (nSPS) is 23.2. The van der Waals surface area contributed by atoms with Crippen LogP contribution in [0.2, 0.25) is 0 Å². The van der Waals surface area contributed by atoms with Crippen LogP contribution in [0.3, 0.4) is 0 Å². The van der Waals surface area contributed by atoms with Crippen molar-refractivity contribution in [3.8, 4) is 0 Å². The van der Waals surface area contributed by atoms with Crippen molar-refractivity contribution in [3.63, 3.8) is 0 Å². The van der Waals surface area contributed by atoms with Gasteiger partial charge in [-0.25, -0.2) is 4.39 Å². The number of amides is 1. The van der Waals surface area contributed by atoms with Crippen molar-refractivity contribution in [2.75, 3.05) is 37.7 Å². The van der Waals surface area contributed by atoms with E-state index in [1.54, 1.807) is 12.1 Å². The minimum atomic E-state index is -0.350. The molecular formula is C18H26FN3O2. The van der Waals surface area contributed by atoms with Gasteiger partial charge in [-0.2, -0.15) is 0 Å². The van der Waals surface area contributed by atoms with E-state index in [0.717, 1.165) is 19.3 Å². The number of halogens is 1. The van der Waals surface area contributed by atoms with E-state index in [2.05, 4.69) is 0 Å². The zero-order valence-corrected chi connectivity index (χ0v) is 14.2. The van der Waals surface area contributed by atoms with Crippen molar-refractivity contribution < 1.29 is 13.9 Å². The van der Waals surface area contributed by atoms with Crippen LogP contribution in [0.1, 0.15) is 36.5 Å². The molecule has 0 saturated carbocycles. The maximum Gasteiger partial charge on any atom is 0.254 e. The van der Waals surface area contributed by atoms with Gasteiger partial charge in [0.1, 0.15) is 5.82 Å². The lowest BCUT2D eigenvalue weighted by Gasteiger charge is -2.38. The third-order valence-corrected chi connectivity index (χ3v) is 4.96. The molecule has 1 amide bonds. The Morgan fingerprint density at radius 2 is 2.04 bits per heavy atom. The first-order valence-electron chi connectivity index (χ1n) is 8.76. The molecule has 132 valence electrons. The second kappa shape index (κ2) is 7.49. The molecule has 1 aromatic rings. The number of carbonyl (C=O) groups is 1. The van der Waals surface area contributed by atoms with Gasteiger partial charge in [-0.15, -0.1) is 0 Å². The van der Waals surface area contributed by atoms with Crippen molar-refractivity contribution in [2.45, 2.75) is 38.3 Å². The minimum absolute atomic E-state index is 0.0354. The van der Waals surface area contributed by atoms with Crippen LogP contribution in [-0.2, 0) is 4.74 Å². The van der Waals surface area contributed by atoms with Gasteiger partial charge in [0.25, 0.3) is 5.91 Å². The highest BCUT2D eigenvalue weighted by molar-refractivity contribution is 5.95. The number of benzene rings is 1. The standard InChI is InChI=1S/C18H26FN3O2/c1-13(20)16-4-2-3-7-22(16)18(23)14-5-6-17(15(19)12-14)21-8-10-24-11-9-21/h5-6,12-13,16H,2-4,7-11,20H2,1H3/t13-,16-/m0/s1. The zero-order chi connectivity index (χ0) is 17.1. The number of rotatable bonds is 3. The fraction of sp³-hybridized carbons (Fsp3) is 0.611. The monoisotopic (exact) mass is 335 g/mol. The number of anilines is 1. The smallest absolute Gasteiger partial charge is 0.254 e. The number of nitrogens with two attached hydrogens (primary N) is 1. The molecule has 0 aliphatic carbocycles. The van der Waals surface area contributed by atoms with Crippen LogP contribution < -0.4 is 10.6 Å². The Labute approximate surface area is 142 Å². The number of nitrogens with zero attached hydrogens (tertiary/aromatic N) is 2. The molecule has 2 atom stereocenters. The molecular weight excluding hydrogens is 309 g/mol. The summed E-state index contributed by atoms with van der Waals surface area (Å²) in [6.07, 6.45) is 2.97. The quantitative estimate of drug-likeness (QED) is 0.918. The van der Waals surface area contributed by atoms with E-state index < -0.39 is 0 Å². The highest BCUT2D eigenvalue weighted by atomic mass is 19.1. The summed E-state index contributed by atoms with van der Waals surface area (Å²) in [4.78, 5) is 16.6. The Morgan fingerprint density at radius 1 is 1.29 bits per heavy atom. The van der Waals surface area contributed by atoms with Crippen LogP contribution in [0.25, 0.3) is 0 Å². The second-order valence-electron chi connectivity index (χ2n) is 6.69. The predicted octanol–water partition coefficient (Wildman–Crippen LogP) is 2.00. The first kappa shape index (κ1) is 17.2. The van der Waals surface area contributed by atoms with Gasteiger partial charge in [0.2, 0.25) is 0 Å². The molecule has 24 heavy (non-hydrogen) atoms. The van der Waals surface area contributed by atoms with Crippen LogP contribution >= 0.6 is 0 Å². The maximum absolute atomic E-state index is 14.5. The van der Waals surface area contributed by atoms with E-state index in [4.69, 9.17) is 10.5 Å². The van der Waals surface area contributed by atoms with Gasteiger partial charge >= 0.3 is 0 Å². The van der Waals surface area contributed by atoms with Crippen LogP contribution in [0.5, 0.6) is 0 Å². The molecule has 6 heteroatoms. The third-order valence-electron chi connectivity index (χ3n) is 4.96. The number of hydrogen-bond donors (Lipinski definition) is 1. The van der Waals surface area contributed by atoms with E-state index in [9.17, 15) is 9.18 Å². The number of likely N-dealkylation sites (tertiary alicyclic amines) is 1. The molecule has 1 aromatic carbocycles. The van der Waals surface area contributed by atoms with Gasteiger partial charge in [-0.1, -0.05) is 0 Å². The van der Waals surface area contributed by atoms with Crippen LogP contribution in [-0.4, -0.2) is 55.7 Å². The molecule has 0 radical (unpaired) electrons. The Balaban J connectivity index is 1.78. The summed E-state index contributed by atoms with van der Waals surface area (Å²) in [5.41, 5.74) is 6.98. The van der Waals surface area contributed by atoms with Gasteiger partial charge < -0.3 is 20.3 Å². The van der Waals surface area contributed by atoms with E-state index in [0.29, 0.717) is 44.1 Å². The summed E-state index contributed by atoms with van der Waals surface area (Å²) in [6, 6.07) is 4.75. The lowest BCUT2D eigenvalue weighted by molar-refractivity contribution is 0.0583. The number of hydrogen-bond acceptors (Lipinski definition) is 4. The molecule has 0 spiro atoms. The molecule has 5 nitrogen and oxygen atoms in total. The van der Waals surface area contributed by atoms with Crippen LogP contribution in [0, 0.1) is 5.82 Å². The SMILES string of the molecule is C[C@H](N)[C@@H]1CCCCN1C(=O)c1ccc(N2CCOCC2)c(F)c1. The van der Waals surface area contributed by atoms with E-state index in [1.165, 1.54) is 6.07 Å². The lowest BCUT2D eigenvalue weighted by Crippen LogP contribution is -2.51. The summed E-state index contributed by atoms with van der Waals surface area (Å²) >= 11 is 0. The average molecular weight is 335 g/mol. The second-order valence-corrected chi connectivity index (χ2v) is 6.69. The first-order valence-corrected chi connectivity index (χ1v) is 8.76. The zero-order valence-electron chi connectivity index (χ0n) is 14.2. The van der Waals surface area contributed by atoms with Crippen molar-refractivity contribution >= 4 is 11.6 Å². The number of carbonyl (C=O) groups excluding carboxylic acids is 1. The first-order chi connectivity index (χ1) is 11.6. The highest BCUT2D eigenvalue weighted by Gasteiger charge is 2.30. The molecule has 2 N–H and O–H groups in total. The molecule has 3 rings (SSSR count). The van der Waals surface area contributed by atoms with E-state index >= 15 is 0 Å². The summed E-state index contributed by atoms with van der Waals surface area (Å²) < 4.78 is 19.8. The van der Waals surface area contributed by atoms with Crippen molar-refractivity contribution in [3.05, 3.63) is 29.6 Å². The predicted molar refractivity (Wildman–Crippen MR) is 91.8 cm³/mol. The van der Waals surface area contributed by atoms with Gasteiger partial charge in [-0.05, 0) is 44.4 Å². The number of morpholine rings is 1. The molecule has 2 aliphatic heterocycles. The van der Waals surface area contributed by atoms with Gasteiger partial charge in [0.15, 0.2) is 0 Å². The molecule has 0 bridgehead atoms. The fourth-order valence-corrected chi connectivity index (χ4v) is 3.62. The topological polar surface area (TPSA) is 58.8 Å². The largest absolute Gasteiger partial charge is 0.378 e. The fourth-order valence-electron chi connectivity index (χ4n) is 3.62. The molecule has 0 unspecified atom stereocenters. The van der Waals surface area contributed by atoms with Gasteiger partial charge in [-0.3, -0.25) is 4.79 Å². The minimum Gasteiger partial charge on any atom is -0.378 e. The Bertz CT molecular complexity index is 588. The number of ether oxygens (including phenoxy) is 1. The average Bonchev–Trinajstić information content (AvgIpc) is 2.61. The van der Waals surface area contributed by atoms with E-state index in [-0.39, 0.29) is 23.8 Å². The summed E-state index contributed by atoms with van der Waals surface area (Å²) in [5.74, 6) is -0.471. The summed E-state index contributed by atoms with van der Waals surface area (Å²) in [6.45, 7) is 5.16.